The molecule has 5 heteroatoms. The van der Waals surface area contributed by atoms with Gasteiger partial charge in [-0.25, -0.2) is 0 Å². The summed E-state index contributed by atoms with van der Waals surface area (Å²) in [5.74, 6) is 0. The smallest absolute Gasteiger partial charge is 0.0656 e. The topological polar surface area (TPSA) is 43.8 Å². The first-order chi connectivity index (χ1) is 7.69. The van der Waals surface area contributed by atoms with Crippen LogP contribution in [0.2, 0.25) is 0 Å². The van der Waals surface area contributed by atoms with Crippen LogP contribution in [0.5, 0.6) is 0 Å². The number of nitrogens with two attached hydrogens (primary N) is 1. The Morgan fingerprint density at radius 1 is 1.62 bits per heavy atom. The number of hydrogen-bond donors (Lipinski definition) is 1. The van der Waals surface area contributed by atoms with Gasteiger partial charge in [0.15, 0.2) is 0 Å². The van der Waals surface area contributed by atoms with Crippen LogP contribution in [0.15, 0.2) is 23.8 Å². The molecule has 0 radical (unpaired) electrons. The first-order valence-corrected chi connectivity index (χ1v) is 7.15. The van der Waals surface area contributed by atoms with Crippen molar-refractivity contribution in [1.29, 1.82) is 0 Å². The fraction of sp³-hybridized carbons (Fsp3) is 0.364. The van der Waals surface area contributed by atoms with Gasteiger partial charge in [0.1, 0.15) is 0 Å². The number of aromatic nitrogens is 2. The van der Waals surface area contributed by atoms with Crippen LogP contribution in [0.4, 0.5) is 0 Å². The van der Waals surface area contributed by atoms with Crippen molar-refractivity contribution in [2.24, 2.45) is 5.73 Å². The Hall–Kier alpha value is -0.400. The highest BCUT2D eigenvalue weighted by Crippen LogP contribution is 2.23. The predicted molar refractivity (Wildman–Crippen MR) is 75.6 cm³/mol. The summed E-state index contributed by atoms with van der Waals surface area (Å²) in [5, 5.41) is 6.38. The Morgan fingerprint density at radius 2 is 2.44 bits per heavy atom. The Kier molecular flexibility index (Phi) is 3.99. The number of nitrogens with zero attached hydrogens (tertiary/aromatic N) is 2. The van der Waals surface area contributed by atoms with Crippen LogP contribution in [-0.2, 0) is 13.0 Å². The van der Waals surface area contributed by atoms with Gasteiger partial charge < -0.3 is 5.73 Å². The molecule has 2 aromatic rings. The lowest BCUT2D eigenvalue weighted by Gasteiger charge is -2.07. The molecule has 0 aromatic carbocycles. The van der Waals surface area contributed by atoms with Gasteiger partial charge >= 0.3 is 0 Å². The van der Waals surface area contributed by atoms with Gasteiger partial charge in [-0.15, -0.1) is 11.3 Å². The van der Waals surface area contributed by atoms with Crippen molar-refractivity contribution in [1.82, 2.24) is 9.78 Å². The van der Waals surface area contributed by atoms with Crippen molar-refractivity contribution in [3.63, 3.8) is 0 Å². The fourth-order valence-electron chi connectivity index (χ4n) is 1.57. The minimum absolute atomic E-state index is 0.0780. The first-order valence-electron chi connectivity index (χ1n) is 5.20. The van der Waals surface area contributed by atoms with Gasteiger partial charge in [-0.2, -0.15) is 5.10 Å². The number of hydrogen-bond acceptors (Lipinski definition) is 3. The summed E-state index contributed by atoms with van der Waals surface area (Å²) in [5.41, 5.74) is 8.58. The molecule has 0 fully saturated rings. The van der Waals surface area contributed by atoms with Crippen LogP contribution in [0.3, 0.4) is 0 Å². The van der Waals surface area contributed by atoms with E-state index in [1.807, 2.05) is 10.9 Å². The lowest BCUT2D eigenvalue weighted by atomic mass is 10.1. The number of halogens is 1. The highest BCUT2D eigenvalue weighted by molar-refractivity contribution is 14.1. The Bertz CT molecular complexity index is 463. The third kappa shape index (κ3) is 2.83. The normalized spacial score (nSPS) is 12.9. The zero-order valence-electron chi connectivity index (χ0n) is 9.06. The monoisotopic (exact) mass is 347 g/mol. The van der Waals surface area contributed by atoms with Crippen molar-refractivity contribution in [2.45, 2.75) is 25.9 Å². The SMILES string of the molecule is CCn1cc(CC(N)c2csc(I)c2)cn1. The molecule has 0 bridgehead atoms. The van der Waals surface area contributed by atoms with E-state index in [1.54, 1.807) is 11.3 Å². The summed E-state index contributed by atoms with van der Waals surface area (Å²) >= 11 is 4.06. The molecule has 0 saturated carbocycles. The molecule has 16 heavy (non-hydrogen) atoms. The second kappa shape index (κ2) is 5.29. The molecule has 2 rings (SSSR count). The van der Waals surface area contributed by atoms with E-state index in [2.05, 4.69) is 52.3 Å². The third-order valence-electron chi connectivity index (χ3n) is 2.48. The zero-order valence-corrected chi connectivity index (χ0v) is 12.0. The Balaban J connectivity index is 2.04. The lowest BCUT2D eigenvalue weighted by molar-refractivity contribution is 0.657. The molecule has 2 heterocycles. The largest absolute Gasteiger partial charge is 0.324 e. The minimum Gasteiger partial charge on any atom is -0.324 e. The summed E-state index contributed by atoms with van der Waals surface area (Å²) in [4.78, 5) is 0. The molecule has 1 unspecified atom stereocenters. The summed E-state index contributed by atoms with van der Waals surface area (Å²) in [7, 11) is 0. The molecule has 3 nitrogen and oxygen atoms in total. The summed E-state index contributed by atoms with van der Waals surface area (Å²) in [6, 6.07) is 2.23. The van der Waals surface area contributed by atoms with Gasteiger partial charge in [0.2, 0.25) is 0 Å². The Morgan fingerprint density at radius 3 is 3.00 bits per heavy atom. The van der Waals surface area contributed by atoms with Gasteiger partial charge in [-0.05, 0) is 58.5 Å². The maximum atomic E-state index is 6.16. The van der Waals surface area contributed by atoms with Gasteiger partial charge in [0, 0.05) is 18.8 Å². The van der Waals surface area contributed by atoms with Gasteiger partial charge in [-0.3, -0.25) is 4.68 Å². The Labute approximate surface area is 113 Å². The number of rotatable bonds is 4. The van der Waals surface area contributed by atoms with E-state index in [0.29, 0.717) is 0 Å². The van der Waals surface area contributed by atoms with Gasteiger partial charge in [0.05, 0.1) is 9.08 Å². The van der Waals surface area contributed by atoms with E-state index in [0.717, 1.165) is 13.0 Å². The molecule has 2 N–H and O–H groups in total. The molecule has 86 valence electrons. The average Bonchev–Trinajstić information content (AvgIpc) is 2.87. The number of thiophene rings is 1. The van der Waals surface area contributed by atoms with Crippen LogP contribution >= 0.6 is 33.9 Å². The molecule has 0 spiro atoms. The van der Waals surface area contributed by atoms with Crippen molar-refractivity contribution < 1.29 is 0 Å². The van der Waals surface area contributed by atoms with Crippen LogP contribution in [-0.4, -0.2) is 9.78 Å². The van der Waals surface area contributed by atoms with E-state index in [9.17, 15) is 0 Å². The van der Waals surface area contributed by atoms with Crippen molar-refractivity contribution in [3.05, 3.63) is 37.9 Å². The maximum absolute atomic E-state index is 6.16. The van der Waals surface area contributed by atoms with E-state index >= 15 is 0 Å². The predicted octanol–water partition coefficient (Wildman–Crippen LogP) is 2.81. The highest BCUT2D eigenvalue weighted by Gasteiger charge is 2.10. The van der Waals surface area contributed by atoms with E-state index in [1.165, 1.54) is 14.0 Å². The molecule has 1 atom stereocenters. The van der Waals surface area contributed by atoms with E-state index in [-0.39, 0.29) is 6.04 Å². The average molecular weight is 347 g/mol. The standard InChI is InChI=1S/C11H14IN3S/c1-2-15-6-8(5-14-15)3-10(13)9-4-11(12)16-7-9/h4-7,10H,2-3,13H2,1H3. The second-order valence-corrected chi connectivity index (χ2v) is 6.50. The molecule has 0 aliphatic carbocycles. The third-order valence-corrected chi connectivity index (χ3v) is 4.29. The van der Waals surface area contributed by atoms with Crippen LogP contribution in [0, 0.1) is 2.88 Å². The summed E-state index contributed by atoms with van der Waals surface area (Å²) in [6.07, 6.45) is 4.82. The minimum atomic E-state index is 0.0780. The summed E-state index contributed by atoms with van der Waals surface area (Å²) < 4.78 is 3.21. The molecular weight excluding hydrogens is 333 g/mol. The second-order valence-electron chi connectivity index (χ2n) is 3.70. The molecule has 0 aliphatic heterocycles. The highest BCUT2D eigenvalue weighted by atomic mass is 127. The summed E-state index contributed by atoms with van der Waals surface area (Å²) in [6.45, 7) is 2.99. The van der Waals surface area contributed by atoms with Crippen molar-refractivity contribution in [3.8, 4) is 0 Å². The zero-order chi connectivity index (χ0) is 11.5. The van der Waals surface area contributed by atoms with Crippen LogP contribution in [0.25, 0.3) is 0 Å². The van der Waals surface area contributed by atoms with Crippen molar-refractivity contribution in [2.75, 3.05) is 0 Å². The fourth-order valence-corrected chi connectivity index (χ4v) is 3.01. The quantitative estimate of drug-likeness (QED) is 0.865. The lowest BCUT2D eigenvalue weighted by Crippen LogP contribution is -2.12. The van der Waals surface area contributed by atoms with Gasteiger partial charge in [-0.1, -0.05) is 0 Å². The number of aryl methyl sites for hydroxylation is 1. The molecule has 0 amide bonds. The van der Waals surface area contributed by atoms with Gasteiger partial charge in [0.25, 0.3) is 0 Å². The molecule has 0 saturated heterocycles. The molecular formula is C11H14IN3S. The maximum Gasteiger partial charge on any atom is 0.0656 e. The molecule has 0 aliphatic rings. The molecule has 2 aromatic heterocycles. The van der Waals surface area contributed by atoms with Crippen LogP contribution < -0.4 is 5.73 Å². The van der Waals surface area contributed by atoms with Crippen molar-refractivity contribution >= 4 is 33.9 Å². The van der Waals surface area contributed by atoms with Crippen LogP contribution in [0.1, 0.15) is 24.1 Å². The first kappa shape index (κ1) is 12.1. The van der Waals surface area contributed by atoms with E-state index < -0.39 is 0 Å². The van der Waals surface area contributed by atoms with E-state index in [4.69, 9.17) is 5.73 Å².